The monoisotopic (exact) mass is 623 g/mol. The average molecular weight is 624 g/mol. The van der Waals surface area contributed by atoms with Gasteiger partial charge in [0.15, 0.2) is 0 Å². The van der Waals surface area contributed by atoms with Crippen molar-refractivity contribution in [2.45, 2.75) is 57.3 Å². The summed E-state index contributed by atoms with van der Waals surface area (Å²) < 4.78 is 11.3. The summed E-state index contributed by atoms with van der Waals surface area (Å²) in [5.74, 6) is 1.06. The highest BCUT2D eigenvalue weighted by Crippen LogP contribution is 2.53. The SMILES string of the molecule is COc1cc(CN2CCN(C3CC4(C3)CN(c3ccc(C(N)=O)cc3)C4)[C@H](c3ccccc3C(C)C)C2)ccc1N1CC(OC)C1. The Hall–Kier alpha value is -3.59. The summed E-state index contributed by atoms with van der Waals surface area (Å²) in [5, 5.41) is 0. The molecule has 1 aliphatic carbocycles. The number of piperazine rings is 1. The molecule has 0 unspecified atom stereocenters. The van der Waals surface area contributed by atoms with Crippen LogP contribution in [0, 0.1) is 5.41 Å². The number of carbonyl (C=O) groups is 1. The minimum absolute atomic E-state index is 0.307. The highest BCUT2D eigenvalue weighted by atomic mass is 16.5. The first-order valence-corrected chi connectivity index (χ1v) is 16.9. The number of carbonyl (C=O) groups excluding carboxylic acids is 1. The first-order valence-electron chi connectivity index (χ1n) is 16.9. The third kappa shape index (κ3) is 5.87. The van der Waals surface area contributed by atoms with Crippen molar-refractivity contribution in [3.05, 3.63) is 89.0 Å². The van der Waals surface area contributed by atoms with Gasteiger partial charge in [0.25, 0.3) is 0 Å². The summed E-state index contributed by atoms with van der Waals surface area (Å²) in [5.41, 5.74) is 13.0. The molecule has 1 atom stereocenters. The van der Waals surface area contributed by atoms with Crippen molar-refractivity contribution in [2.75, 3.05) is 69.8 Å². The molecule has 3 saturated heterocycles. The van der Waals surface area contributed by atoms with Gasteiger partial charge in [0.05, 0.1) is 18.9 Å². The van der Waals surface area contributed by atoms with Gasteiger partial charge in [0, 0.05) is 88.2 Å². The molecule has 3 aromatic carbocycles. The number of benzene rings is 3. The fraction of sp³-hybridized carbons (Fsp3) is 0.500. The first kappa shape index (κ1) is 31.0. The average Bonchev–Trinajstić information content (AvgIpc) is 3.00. The first-order chi connectivity index (χ1) is 22.3. The van der Waals surface area contributed by atoms with Gasteiger partial charge < -0.3 is 25.0 Å². The Bertz CT molecular complexity index is 1540. The number of methoxy groups -OCH3 is 2. The molecule has 8 heteroatoms. The molecule has 2 N–H and O–H groups in total. The number of hydrogen-bond donors (Lipinski definition) is 1. The van der Waals surface area contributed by atoms with Crippen LogP contribution in [0.15, 0.2) is 66.7 Å². The van der Waals surface area contributed by atoms with E-state index >= 15 is 0 Å². The summed E-state index contributed by atoms with van der Waals surface area (Å²) in [7, 11) is 3.56. The molecule has 0 radical (unpaired) electrons. The molecule has 0 aromatic heterocycles. The third-order valence-corrected chi connectivity index (χ3v) is 11.0. The van der Waals surface area contributed by atoms with Crippen LogP contribution in [0.1, 0.15) is 65.7 Å². The topological polar surface area (TPSA) is 74.5 Å². The zero-order chi connectivity index (χ0) is 32.0. The number of ether oxygens (including phenoxy) is 2. The van der Waals surface area contributed by atoms with E-state index in [0.717, 1.165) is 63.8 Å². The Labute approximate surface area is 274 Å². The smallest absolute Gasteiger partial charge is 0.248 e. The molecule has 3 aromatic rings. The fourth-order valence-corrected chi connectivity index (χ4v) is 8.39. The largest absolute Gasteiger partial charge is 0.495 e. The Balaban J connectivity index is 1.04. The molecule has 1 spiro atoms. The van der Waals surface area contributed by atoms with E-state index in [-0.39, 0.29) is 5.91 Å². The number of nitrogens with two attached hydrogens (primary N) is 1. The van der Waals surface area contributed by atoms with Crippen LogP contribution in [0.2, 0.25) is 0 Å². The standard InChI is InChI=1S/C38H49N5O3/c1-26(2)32-7-5-6-8-33(32)35-23-40(20-27-9-14-34(36(17-27)46-4)41-21-31(22-41)45-3)15-16-43(35)30-18-38(19-30)24-42(25-38)29-12-10-28(11-13-29)37(39)44/h5-14,17,26,30-31,35H,15-16,18-25H2,1-4H3,(H2,39,44)/t35-/m0/s1. The second-order valence-electron chi connectivity index (χ2n) is 14.4. The van der Waals surface area contributed by atoms with Crippen molar-refractivity contribution in [3.8, 4) is 5.75 Å². The van der Waals surface area contributed by atoms with Gasteiger partial charge in [-0.1, -0.05) is 44.2 Å². The summed E-state index contributed by atoms with van der Waals surface area (Å²) in [4.78, 5) is 21.8. The molecule has 1 amide bonds. The molecule has 3 aliphatic heterocycles. The van der Waals surface area contributed by atoms with E-state index in [9.17, 15) is 4.79 Å². The van der Waals surface area contributed by atoms with Gasteiger partial charge in [-0.25, -0.2) is 0 Å². The van der Waals surface area contributed by atoms with Gasteiger partial charge in [-0.05, 0) is 71.8 Å². The van der Waals surface area contributed by atoms with Crippen molar-refractivity contribution in [1.82, 2.24) is 9.80 Å². The minimum atomic E-state index is -0.372. The van der Waals surface area contributed by atoms with Gasteiger partial charge in [-0.15, -0.1) is 0 Å². The Morgan fingerprint density at radius 1 is 0.935 bits per heavy atom. The third-order valence-electron chi connectivity index (χ3n) is 11.0. The number of amides is 1. The lowest BCUT2D eigenvalue weighted by molar-refractivity contribution is -0.0647. The number of anilines is 2. The summed E-state index contributed by atoms with van der Waals surface area (Å²) in [6, 6.07) is 24.6. The number of hydrogen-bond acceptors (Lipinski definition) is 7. The lowest BCUT2D eigenvalue weighted by Gasteiger charge is -2.63. The fourth-order valence-electron chi connectivity index (χ4n) is 8.39. The van der Waals surface area contributed by atoms with Crippen LogP contribution in [-0.4, -0.2) is 87.9 Å². The van der Waals surface area contributed by atoms with Crippen LogP contribution in [0.3, 0.4) is 0 Å². The van der Waals surface area contributed by atoms with Gasteiger partial charge in [-0.2, -0.15) is 0 Å². The molecule has 244 valence electrons. The van der Waals surface area contributed by atoms with Gasteiger partial charge in [0.1, 0.15) is 5.75 Å². The van der Waals surface area contributed by atoms with Crippen molar-refractivity contribution < 1.29 is 14.3 Å². The number of nitrogens with zero attached hydrogens (tertiary/aromatic N) is 4. The van der Waals surface area contributed by atoms with E-state index in [1.165, 1.54) is 35.2 Å². The van der Waals surface area contributed by atoms with E-state index < -0.39 is 0 Å². The predicted molar refractivity (Wildman–Crippen MR) is 184 cm³/mol. The van der Waals surface area contributed by atoms with Crippen LogP contribution in [0.4, 0.5) is 11.4 Å². The lowest BCUT2D eigenvalue weighted by Crippen LogP contribution is -2.68. The van der Waals surface area contributed by atoms with Crippen molar-refractivity contribution >= 4 is 17.3 Å². The van der Waals surface area contributed by atoms with E-state index in [1.54, 1.807) is 14.2 Å². The summed E-state index contributed by atoms with van der Waals surface area (Å²) >= 11 is 0. The Morgan fingerprint density at radius 3 is 2.35 bits per heavy atom. The maximum Gasteiger partial charge on any atom is 0.248 e. The second-order valence-corrected chi connectivity index (χ2v) is 14.4. The summed E-state index contributed by atoms with van der Waals surface area (Å²) in [6.07, 6.45) is 2.81. The molecule has 4 aliphatic rings. The van der Waals surface area contributed by atoms with Crippen LogP contribution in [0.5, 0.6) is 5.75 Å². The van der Waals surface area contributed by atoms with Crippen LogP contribution in [-0.2, 0) is 11.3 Å². The summed E-state index contributed by atoms with van der Waals surface area (Å²) in [6.45, 7) is 12.7. The Kier molecular flexibility index (Phi) is 8.46. The van der Waals surface area contributed by atoms with Gasteiger partial charge in [-0.3, -0.25) is 14.6 Å². The number of rotatable bonds is 10. The maximum atomic E-state index is 11.5. The van der Waals surface area contributed by atoms with Crippen molar-refractivity contribution in [2.24, 2.45) is 11.1 Å². The molecule has 46 heavy (non-hydrogen) atoms. The molecule has 4 fully saturated rings. The van der Waals surface area contributed by atoms with Crippen LogP contribution >= 0.6 is 0 Å². The van der Waals surface area contributed by atoms with Crippen molar-refractivity contribution in [1.29, 1.82) is 0 Å². The molecule has 3 heterocycles. The van der Waals surface area contributed by atoms with Crippen LogP contribution < -0.4 is 20.3 Å². The van der Waals surface area contributed by atoms with E-state index in [1.807, 2.05) is 24.3 Å². The Morgan fingerprint density at radius 2 is 1.67 bits per heavy atom. The van der Waals surface area contributed by atoms with E-state index in [2.05, 4.69) is 75.9 Å². The number of primary amides is 1. The second kappa shape index (κ2) is 12.5. The highest BCUT2D eigenvalue weighted by Gasteiger charge is 2.55. The molecular formula is C38H49N5O3. The maximum absolute atomic E-state index is 11.5. The van der Waals surface area contributed by atoms with Gasteiger partial charge in [0.2, 0.25) is 5.91 Å². The van der Waals surface area contributed by atoms with Crippen molar-refractivity contribution in [3.63, 3.8) is 0 Å². The normalized spacial score (nSPS) is 22.1. The van der Waals surface area contributed by atoms with Gasteiger partial charge >= 0.3 is 0 Å². The highest BCUT2D eigenvalue weighted by molar-refractivity contribution is 5.93. The quantitative estimate of drug-likeness (QED) is 0.330. The van der Waals surface area contributed by atoms with E-state index in [4.69, 9.17) is 15.2 Å². The van der Waals surface area contributed by atoms with Crippen LogP contribution in [0.25, 0.3) is 0 Å². The molecule has 7 rings (SSSR count). The molecule has 0 bridgehead atoms. The molecular weight excluding hydrogens is 574 g/mol. The lowest BCUT2D eigenvalue weighted by atomic mass is 9.59. The molecule has 1 saturated carbocycles. The zero-order valence-corrected chi connectivity index (χ0v) is 27.8. The predicted octanol–water partition coefficient (Wildman–Crippen LogP) is 5.28. The minimum Gasteiger partial charge on any atom is -0.495 e. The zero-order valence-electron chi connectivity index (χ0n) is 27.8. The van der Waals surface area contributed by atoms with E-state index in [0.29, 0.717) is 35.1 Å². The molecule has 8 nitrogen and oxygen atoms in total.